The predicted octanol–water partition coefficient (Wildman–Crippen LogP) is 3.28. The van der Waals surface area contributed by atoms with Crippen LogP contribution in [0.4, 0.5) is 0 Å². The second-order valence-electron chi connectivity index (χ2n) is 6.05. The summed E-state index contributed by atoms with van der Waals surface area (Å²) in [5.74, 6) is -1.25. The van der Waals surface area contributed by atoms with Crippen LogP contribution in [0.2, 0.25) is 0 Å². The van der Waals surface area contributed by atoms with Crippen LogP contribution in [0.15, 0.2) is 4.79 Å². The third-order valence-corrected chi connectivity index (χ3v) is 5.71. The maximum atomic E-state index is 13.0. The highest BCUT2D eigenvalue weighted by atomic mass is 32.1. The molecule has 0 aliphatic heterocycles. The Morgan fingerprint density at radius 3 is 2.68 bits per heavy atom. The number of aryl methyl sites for hydroxylation is 2. The highest BCUT2D eigenvalue weighted by Crippen LogP contribution is 2.34. The quantitative estimate of drug-likeness (QED) is 0.842. The SMILES string of the molecule is CC(C)C(C(=O)O)n1c(=S)[nH]c2sc3c(c2c1=O)CCCC3. The van der Waals surface area contributed by atoms with Crippen LogP contribution in [0.5, 0.6) is 0 Å². The summed E-state index contributed by atoms with van der Waals surface area (Å²) in [6.07, 6.45) is 4.08. The third kappa shape index (κ3) is 2.32. The maximum Gasteiger partial charge on any atom is 0.327 e. The monoisotopic (exact) mass is 338 g/mol. The van der Waals surface area contributed by atoms with Crippen molar-refractivity contribution in [2.75, 3.05) is 0 Å². The average molecular weight is 338 g/mol. The number of fused-ring (bicyclic) bond motifs is 3. The van der Waals surface area contributed by atoms with Crippen LogP contribution in [0.3, 0.4) is 0 Å². The fourth-order valence-electron chi connectivity index (χ4n) is 3.20. The van der Waals surface area contributed by atoms with E-state index in [-0.39, 0.29) is 16.2 Å². The lowest BCUT2D eigenvalue weighted by Gasteiger charge is -2.19. The van der Waals surface area contributed by atoms with Crippen molar-refractivity contribution in [2.45, 2.75) is 45.6 Å². The minimum atomic E-state index is -1.03. The fraction of sp³-hybridized carbons (Fsp3) is 0.533. The van der Waals surface area contributed by atoms with E-state index in [9.17, 15) is 14.7 Å². The number of aliphatic carboxylic acids is 1. The summed E-state index contributed by atoms with van der Waals surface area (Å²) in [6.45, 7) is 3.57. The number of thiophene rings is 1. The predicted molar refractivity (Wildman–Crippen MR) is 89.4 cm³/mol. The Morgan fingerprint density at radius 1 is 1.36 bits per heavy atom. The number of nitrogens with zero attached hydrogens (tertiary/aromatic N) is 1. The van der Waals surface area contributed by atoms with Crippen LogP contribution in [0.1, 0.15) is 43.2 Å². The van der Waals surface area contributed by atoms with Crippen molar-refractivity contribution in [3.05, 3.63) is 25.6 Å². The number of carboxylic acid groups (broad SMARTS) is 1. The maximum absolute atomic E-state index is 13.0. The van der Waals surface area contributed by atoms with E-state index in [2.05, 4.69) is 4.98 Å². The van der Waals surface area contributed by atoms with Gasteiger partial charge in [0.25, 0.3) is 5.56 Å². The van der Waals surface area contributed by atoms with Crippen LogP contribution in [-0.4, -0.2) is 20.6 Å². The zero-order chi connectivity index (χ0) is 16.0. The van der Waals surface area contributed by atoms with Gasteiger partial charge in [-0.3, -0.25) is 9.36 Å². The topological polar surface area (TPSA) is 75.1 Å². The molecule has 0 radical (unpaired) electrons. The number of aromatic amines is 1. The Kier molecular flexibility index (Phi) is 3.94. The van der Waals surface area contributed by atoms with Gasteiger partial charge in [-0.1, -0.05) is 13.8 Å². The van der Waals surface area contributed by atoms with Crippen molar-refractivity contribution in [1.29, 1.82) is 0 Å². The zero-order valence-corrected chi connectivity index (χ0v) is 14.1. The zero-order valence-electron chi connectivity index (χ0n) is 12.5. The van der Waals surface area contributed by atoms with Crippen molar-refractivity contribution in [3.63, 3.8) is 0 Å². The van der Waals surface area contributed by atoms with Crippen molar-refractivity contribution in [1.82, 2.24) is 9.55 Å². The molecular weight excluding hydrogens is 320 g/mol. The molecule has 5 nitrogen and oxygen atoms in total. The molecule has 1 aliphatic rings. The fourth-order valence-corrected chi connectivity index (χ4v) is 4.84. The molecule has 0 saturated heterocycles. The summed E-state index contributed by atoms with van der Waals surface area (Å²) in [4.78, 5) is 29.6. The Hall–Kier alpha value is -1.47. The first-order valence-corrected chi connectivity index (χ1v) is 8.66. The molecule has 3 rings (SSSR count). The summed E-state index contributed by atoms with van der Waals surface area (Å²) >= 11 is 6.86. The molecule has 1 unspecified atom stereocenters. The molecule has 0 spiro atoms. The third-order valence-electron chi connectivity index (χ3n) is 4.21. The van der Waals surface area contributed by atoms with Gasteiger partial charge in [0.1, 0.15) is 10.9 Å². The second kappa shape index (κ2) is 5.62. The number of rotatable bonds is 3. The van der Waals surface area contributed by atoms with Gasteiger partial charge in [0, 0.05) is 4.88 Å². The Morgan fingerprint density at radius 2 is 2.05 bits per heavy atom. The summed E-state index contributed by atoms with van der Waals surface area (Å²) < 4.78 is 1.43. The molecule has 0 saturated carbocycles. The summed E-state index contributed by atoms with van der Waals surface area (Å²) in [5.41, 5.74) is 0.823. The molecule has 0 amide bonds. The van der Waals surface area contributed by atoms with Crippen LogP contribution >= 0.6 is 23.6 Å². The van der Waals surface area contributed by atoms with E-state index in [0.717, 1.165) is 36.1 Å². The number of H-pyrrole nitrogens is 1. The molecule has 1 atom stereocenters. The Labute approximate surface area is 136 Å². The van der Waals surface area contributed by atoms with Crippen LogP contribution in [0.25, 0.3) is 10.2 Å². The van der Waals surface area contributed by atoms with Gasteiger partial charge < -0.3 is 10.1 Å². The van der Waals surface area contributed by atoms with Gasteiger partial charge in [-0.25, -0.2) is 4.79 Å². The summed E-state index contributed by atoms with van der Waals surface area (Å²) in [5, 5.41) is 10.1. The smallest absolute Gasteiger partial charge is 0.327 e. The van der Waals surface area contributed by atoms with Crippen molar-refractivity contribution in [3.8, 4) is 0 Å². The minimum Gasteiger partial charge on any atom is -0.480 e. The standard InChI is InChI=1S/C15H18N2O3S2/c1-7(2)11(14(19)20)17-13(18)10-8-5-3-4-6-9(8)22-12(10)16-15(17)21/h7,11H,3-6H2,1-2H3,(H,16,21)(H,19,20). The van der Waals surface area contributed by atoms with Gasteiger partial charge >= 0.3 is 5.97 Å². The average Bonchev–Trinajstić information content (AvgIpc) is 2.80. The first-order chi connectivity index (χ1) is 10.4. The number of aromatic nitrogens is 2. The van der Waals surface area contributed by atoms with Crippen molar-refractivity contribution in [2.24, 2.45) is 5.92 Å². The van der Waals surface area contributed by atoms with Crippen LogP contribution < -0.4 is 5.56 Å². The molecular formula is C15H18N2O3S2. The number of carbonyl (C=O) groups is 1. The molecule has 0 aromatic carbocycles. The number of hydrogen-bond acceptors (Lipinski definition) is 4. The molecule has 0 bridgehead atoms. The lowest BCUT2D eigenvalue weighted by molar-refractivity contribution is -0.142. The van der Waals surface area contributed by atoms with E-state index < -0.39 is 12.0 Å². The van der Waals surface area contributed by atoms with Crippen molar-refractivity contribution < 1.29 is 9.90 Å². The lowest BCUT2D eigenvalue weighted by atomic mass is 9.97. The van der Waals surface area contributed by atoms with Gasteiger partial charge in [0.2, 0.25) is 0 Å². The molecule has 2 N–H and O–H groups in total. The van der Waals surface area contributed by atoms with E-state index >= 15 is 0 Å². The number of hydrogen-bond donors (Lipinski definition) is 2. The second-order valence-corrected chi connectivity index (χ2v) is 7.54. The van der Waals surface area contributed by atoms with E-state index in [1.807, 2.05) is 0 Å². The van der Waals surface area contributed by atoms with Crippen LogP contribution in [-0.2, 0) is 17.6 Å². The molecule has 7 heteroatoms. The van der Waals surface area contributed by atoms with Gasteiger partial charge in [-0.2, -0.15) is 0 Å². The van der Waals surface area contributed by atoms with Gasteiger partial charge in [0.15, 0.2) is 4.77 Å². The largest absolute Gasteiger partial charge is 0.480 e. The molecule has 2 heterocycles. The lowest BCUT2D eigenvalue weighted by Crippen LogP contribution is -2.34. The molecule has 0 fully saturated rings. The van der Waals surface area contributed by atoms with E-state index in [1.54, 1.807) is 25.2 Å². The van der Waals surface area contributed by atoms with Crippen molar-refractivity contribution >= 4 is 39.7 Å². The number of carboxylic acids is 1. The molecule has 22 heavy (non-hydrogen) atoms. The number of nitrogens with one attached hydrogen (secondary N) is 1. The Balaban J connectivity index is 2.35. The van der Waals surface area contributed by atoms with Gasteiger partial charge in [0.05, 0.1) is 5.39 Å². The van der Waals surface area contributed by atoms with E-state index in [0.29, 0.717) is 5.39 Å². The van der Waals surface area contributed by atoms with Gasteiger partial charge in [-0.15, -0.1) is 11.3 Å². The highest BCUT2D eigenvalue weighted by molar-refractivity contribution is 7.71. The molecule has 1 aliphatic carbocycles. The Bertz CT molecular complexity index is 860. The highest BCUT2D eigenvalue weighted by Gasteiger charge is 2.28. The summed E-state index contributed by atoms with van der Waals surface area (Å²) in [6, 6.07) is -0.945. The normalized spacial score (nSPS) is 16.0. The molecule has 118 valence electrons. The van der Waals surface area contributed by atoms with E-state index in [4.69, 9.17) is 12.2 Å². The first kappa shape index (κ1) is 15.4. The first-order valence-electron chi connectivity index (χ1n) is 7.43. The van der Waals surface area contributed by atoms with E-state index in [1.165, 1.54) is 9.44 Å². The molecule has 2 aromatic rings. The minimum absolute atomic E-state index is 0.192. The van der Waals surface area contributed by atoms with Gasteiger partial charge in [-0.05, 0) is 49.4 Å². The van der Waals surface area contributed by atoms with Crippen LogP contribution in [0, 0.1) is 10.7 Å². The molecule has 2 aromatic heterocycles. The summed E-state index contributed by atoms with van der Waals surface area (Å²) in [7, 11) is 0.